The Morgan fingerprint density at radius 3 is 2.13 bits per heavy atom. The Balaban J connectivity index is 2.04. The molecule has 2 atom stereocenters. The lowest BCUT2D eigenvalue weighted by Gasteiger charge is -2.33. The molecule has 0 aliphatic carbocycles. The number of sulfonamides is 1. The van der Waals surface area contributed by atoms with Crippen LogP contribution in [0.5, 0.6) is 0 Å². The van der Waals surface area contributed by atoms with Gasteiger partial charge in [-0.05, 0) is 68.1 Å². The molecule has 39 heavy (non-hydrogen) atoms. The zero-order chi connectivity index (χ0) is 28.6. The molecular formula is C30H36BrN3O4S. The quantitative estimate of drug-likeness (QED) is 0.291. The molecule has 3 rings (SSSR count). The summed E-state index contributed by atoms with van der Waals surface area (Å²) in [6.45, 7) is 7.18. The zero-order valence-electron chi connectivity index (χ0n) is 22.8. The summed E-state index contributed by atoms with van der Waals surface area (Å²) in [5.41, 5.74) is 2.06. The number of aryl methyl sites for hydroxylation is 1. The van der Waals surface area contributed by atoms with E-state index in [0.717, 1.165) is 26.3 Å². The topological polar surface area (TPSA) is 86.8 Å². The van der Waals surface area contributed by atoms with E-state index in [4.69, 9.17) is 0 Å². The van der Waals surface area contributed by atoms with Crippen LogP contribution in [0.4, 0.5) is 5.69 Å². The van der Waals surface area contributed by atoms with Gasteiger partial charge in [0.15, 0.2) is 0 Å². The molecule has 1 N–H and O–H groups in total. The summed E-state index contributed by atoms with van der Waals surface area (Å²) in [4.78, 5) is 28.7. The van der Waals surface area contributed by atoms with Crippen molar-refractivity contribution in [1.82, 2.24) is 10.2 Å². The maximum absolute atomic E-state index is 14.0. The Bertz CT molecular complexity index is 1360. The maximum Gasteiger partial charge on any atom is 0.264 e. The molecule has 0 fully saturated rings. The van der Waals surface area contributed by atoms with Gasteiger partial charge in [-0.15, -0.1) is 0 Å². The average molecular weight is 615 g/mol. The zero-order valence-corrected chi connectivity index (χ0v) is 25.2. The number of amides is 2. The minimum Gasteiger partial charge on any atom is -0.352 e. The Morgan fingerprint density at radius 1 is 0.897 bits per heavy atom. The third-order valence-electron chi connectivity index (χ3n) is 6.69. The standard InChI is InChI=1S/C30H36BrN3O4S/c1-5-22(3)32-30(36)23(4)33(20-24-16-18-26(31)19-17-24)29(35)21-34(28-15-11-10-12-25(28)6-2)39(37,38)27-13-8-7-9-14-27/h7-19,22-23H,5-6,20-21H2,1-4H3,(H,32,36)/t22-,23-/m0/s1. The predicted molar refractivity (Wildman–Crippen MR) is 159 cm³/mol. The summed E-state index contributed by atoms with van der Waals surface area (Å²) >= 11 is 3.43. The van der Waals surface area contributed by atoms with Crippen molar-refractivity contribution >= 4 is 43.5 Å². The number of nitrogens with zero attached hydrogens (tertiary/aromatic N) is 2. The van der Waals surface area contributed by atoms with Crippen LogP contribution in [0.1, 0.15) is 45.2 Å². The van der Waals surface area contributed by atoms with E-state index in [1.165, 1.54) is 17.0 Å². The first-order valence-corrected chi connectivity index (χ1v) is 15.3. The molecule has 0 aliphatic rings. The first-order valence-electron chi connectivity index (χ1n) is 13.1. The fourth-order valence-corrected chi connectivity index (χ4v) is 5.86. The lowest BCUT2D eigenvalue weighted by Crippen LogP contribution is -2.52. The third-order valence-corrected chi connectivity index (χ3v) is 8.99. The monoisotopic (exact) mass is 613 g/mol. The van der Waals surface area contributed by atoms with E-state index in [1.54, 1.807) is 37.3 Å². The van der Waals surface area contributed by atoms with Gasteiger partial charge in [-0.2, -0.15) is 0 Å². The lowest BCUT2D eigenvalue weighted by molar-refractivity contribution is -0.139. The van der Waals surface area contributed by atoms with Crippen LogP contribution in [0.3, 0.4) is 0 Å². The van der Waals surface area contributed by atoms with E-state index in [0.29, 0.717) is 12.1 Å². The first kappa shape index (κ1) is 30.4. The molecule has 2 amide bonds. The van der Waals surface area contributed by atoms with Gasteiger partial charge >= 0.3 is 0 Å². The molecule has 208 valence electrons. The van der Waals surface area contributed by atoms with Gasteiger partial charge in [0.2, 0.25) is 11.8 Å². The van der Waals surface area contributed by atoms with Crippen LogP contribution in [-0.2, 0) is 32.6 Å². The Morgan fingerprint density at radius 2 is 1.51 bits per heavy atom. The summed E-state index contributed by atoms with van der Waals surface area (Å²) in [6, 6.07) is 21.8. The van der Waals surface area contributed by atoms with Crippen LogP contribution in [0, 0.1) is 0 Å². The largest absolute Gasteiger partial charge is 0.352 e. The number of carbonyl (C=O) groups is 2. The van der Waals surface area contributed by atoms with Gasteiger partial charge in [0.05, 0.1) is 10.6 Å². The molecule has 0 radical (unpaired) electrons. The average Bonchev–Trinajstić information content (AvgIpc) is 2.95. The summed E-state index contributed by atoms with van der Waals surface area (Å²) in [5, 5.41) is 2.95. The highest BCUT2D eigenvalue weighted by molar-refractivity contribution is 9.10. The van der Waals surface area contributed by atoms with Crippen molar-refractivity contribution in [2.24, 2.45) is 0 Å². The van der Waals surface area contributed by atoms with E-state index >= 15 is 0 Å². The van der Waals surface area contributed by atoms with Gasteiger partial charge in [0, 0.05) is 17.1 Å². The number of carbonyl (C=O) groups excluding carboxylic acids is 2. The van der Waals surface area contributed by atoms with Crippen molar-refractivity contribution in [2.75, 3.05) is 10.8 Å². The summed E-state index contributed by atoms with van der Waals surface area (Å²) in [7, 11) is -4.08. The second kappa shape index (κ2) is 13.8. The first-order chi connectivity index (χ1) is 18.6. The summed E-state index contributed by atoms with van der Waals surface area (Å²) in [5.74, 6) is -0.767. The van der Waals surface area contributed by atoms with Crippen molar-refractivity contribution < 1.29 is 18.0 Å². The van der Waals surface area contributed by atoms with Crippen LogP contribution >= 0.6 is 15.9 Å². The number of anilines is 1. The molecule has 0 aliphatic heterocycles. The summed E-state index contributed by atoms with van der Waals surface area (Å²) in [6.07, 6.45) is 1.33. The predicted octanol–water partition coefficient (Wildman–Crippen LogP) is 5.54. The molecule has 0 unspecified atom stereocenters. The van der Waals surface area contributed by atoms with E-state index < -0.39 is 28.5 Å². The molecule has 3 aromatic carbocycles. The molecule has 0 spiro atoms. The fraction of sp³-hybridized carbons (Fsp3) is 0.333. The van der Waals surface area contributed by atoms with Crippen LogP contribution < -0.4 is 9.62 Å². The second-order valence-electron chi connectivity index (χ2n) is 9.45. The van der Waals surface area contributed by atoms with Gasteiger partial charge in [0.25, 0.3) is 10.0 Å². The molecule has 3 aromatic rings. The normalized spacial score (nSPS) is 12.8. The van der Waals surface area contributed by atoms with E-state index in [2.05, 4.69) is 21.2 Å². The van der Waals surface area contributed by atoms with Crippen molar-refractivity contribution in [3.05, 3.63) is 94.5 Å². The minimum atomic E-state index is -4.08. The fourth-order valence-electron chi connectivity index (χ4n) is 4.12. The molecule has 0 bridgehead atoms. The van der Waals surface area contributed by atoms with Crippen LogP contribution in [-0.4, -0.2) is 43.8 Å². The van der Waals surface area contributed by atoms with Crippen LogP contribution in [0.25, 0.3) is 0 Å². The van der Waals surface area contributed by atoms with Gasteiger partial charge in [-0.1, -0.05) is 78.3 Å². The Labute approximate surface area is 240 Å². The van der Waals surface area contributed by atoms with Crippen molar-refractivity contribution in [1.29, 1.82) is 0 Å². The molecule has 0 saturated heterocycles. The van der Waals surface area contributed by atoms with Gasteiger partial charge in [-0.3, -0.25) is 13.9 Å². The highest BCUT2D eigenvalue weighted by Gasteiger charge is 2.33. The van der Waals surface area contributed by atoms with E-state index in [9.17, 15) is 18.0 Å². The van der Waals surface area contributed by atoms with E-state index in [-0.39, 0.29) is 23.4 Å². The number of halogens is 1. The molecule has 0 aromatic heterocycles. The van der Waals surface area contributed by atoms with Crippen LogP contribution in [0.15, 0.2) is 88.2 Å². The number of nitrogens with one attached hydrogen (secondary N) is 1. The molecule has 7 nitrogen and oxygen atoms in total. The smallest absolute Gasteiger partial charge is 0.264 e. The second-order valence-corrected chi connectivity index (χ2v) is 12.2. The van der Waals surface area contributed by atoms with Gasteiger partial charge in [0.1, 0.15) is 12.6 Å². The Kier molecular flexibility index (Phi) is 10.7. The molecule has 9 heteroatoms. The highest BCUT2D eigenvalue weighted by atomic mass is 79.9. The van der Waals surface area contributed by atoms with Crippen molar-refractivity contribution in [2.45, 2.75) is 64.1 Å². The third kappa shape index (κ3) is 7.70. The van der Waals surface area contributed by atoms with Gasteiger partial charge in [-0.25, -0.2) is 8.42 Å². The number of hydrogen-bond acceptors (Lipinski definition) is 4. The number of rotatable bonds is 12. The number of hydrogen-bond donors (Lipinski definition) is 1. The lowest BCUT2D eigenvalue weighted by atomic mass is 10.1. The van der Waals surface area contributed by atoms with Crippen LogP contribution in [0.2, 0.25) is 0 Å². The van der Waals surface area contributed by atoms with Crippen molar-refractivity contribution in [3.63, 3.8) is 0 Å². The Hall–Kier alpha value is -3.17. The number of para-hydroxylation sites is 1. The minimum absolute atomic E-state index is 0.0593. The molecule has 0 heterocycles. The SMILES string of the molecule is CCc1ccccc1N(CC(=O)N(Cc1ccc(Br)cc1)[C@@H](C)C(=O)N[C@@H](C)CC)S(=O)(=O)c1ccccc1. The highest BCUT2D eigenvalue weighted by Crippen LogP contribution is 2.28. The molecular weight excluding hydrogens is 578 g/mol. The van der Waals surface area contributed by atoms with E-state index in [1.807, 2.05) is 57.2 Å². The van der Waals surface area contributed by atoms with Gasteiger partial charge < -0.3 is 10.2 Å². The summed E-state index contributed by atoms with van der Waals surface area (Å²) < 4.78 is 29.9. The maximum atomic E-state index is 14.0. The van der Waals surface area contributed by atoms with Crippen molar-refractivity contribution in [3.8, 4) is 0 Å². The number of benzene rings is 3. The molecule has 0 saturated carbocycles.